The number of benzene rings is 1. The maximum Gasteiger partial charge on any atom is 0.335 e. The molecule has 1 saturated heterocycles. The lowest BCUT2D eigenvalue weighted by Crippen LogP contribution is -2.50. The van der Waals surface area contributed by atoms with E-state index in [2.05, 4.69) is 26.0 Å². The Labute approximate surface area is 142 Å². The van der Waals surface area contributed by atoms with Gasteiger partial charge >= 0.3 is 5.97 Å². The zero-order valence-corrected chi connectivity index (χ0v) is 14.2. The molecule has 0 aromatic heterocycles. The Hall–Kier alpha value is -2.14. The molecule has 0 radical (unpaired) electrons. The van der Waals surface area contributed by atoms with Crippen LogP contribution in [0, 0.1) is 0 Å². The van der Waals surface area contributed by atoms with Gasteiger partial charge in [-0.25, -0.2) is 4.79 Å². The first-order valence-corrected chi connectivity index (χ1v) is 8.32. The minimum absolute atomic E-state index is 0.0440. The van der Waals surface area contributed by atoms with E-state index < -0.39 is 11.6 Å². The number of rotatable bonds is 5. The molecule has 1 aliphatic heterocycles. The normalized spacial score (nSPS) is 17.4. The van der Waals surface area contributed by atoms with Crippen LogP contribution in [0.4, 0.5) is 0 Å². The fourth-order valence-electron chi connectivity index (χ4n) is 2.76. The Kier molecular flexibility index (Phi) is 5.78. The van der Waals surface area contributed by atoms with Crippen molar-refractivity contribution in [3.8, 4) is 0 Å². The number of carbonyl (C=O) groups is 2. The van der Waals surface area contributed by atoms with E-state index in [1.54, 1.807) is 4.90 Å². The van der Waals surface area contributed by atoms with Gasteiger partial charge in [0.1, 0.15) is 0 Å². The summed E-state index contributed by atoms with van der Waals surface area (Å²) >= 11 is 0. The van der Waals surface area contributed by atoms with Gasteiger partial charge in [-0.05, 0) is 17.0 Å². The highest BCUT2D eigenvalue weighted by Gasteiger charge is 2.40. The second kappa shape index (κ2) is 7.62. The van der Waals surface area contributed by atoms with Crippen molar-refractivity contribution in [3.05, 3.63) is 41.5 Å². The number of carboxylic acids is 1. The van der Waals surface area contributed by atoms with Crippen molar-refractivity contribution in [2.75, 3.05) is 13.1 Å². The minimum atomic E-state index is -1.69. The van der Waals surface area contributed by atoms with Crippen molar-refractivity contribution in [2.45, 2.75) is 44.6 Å². The molecule has 0 spiro atoms. The van der Waals surface area contributed by atoms with Gasteiger partial charge in [0.25, 0.3) is 0 Å². The summed E-state index contributed by atoms with van der Waals surface area (Å²) in [6.45, 7) is 4.85. The van der Waals surface area contributed by atoms with Crippen LogP contribution in [0.5, 0.6) is 0 Å². The molecular weight excluding hydrogens is 306 g/mol. The summed E-state index contributed by atoms with van der Waals surface area (Å²) in [6, 6.07) is 8.24. The number of nitrogens with zero attached hydrogens (tertiary/aromatic N) is 1. The Morgan fingerprint density at radius 1 is 1.21 bits per heavy atom. The van der Waals surface area contributed by atoms with Crippen molar-refractivity contribution < 1.29 is 19.8 Å². The summed E-state index contributed by atoms with van der Waals surface area (Å²) in [6.07, 6.45) is 4.17. The number of aliphatic hydroxyl groups is 1. The SMILES string of the molecule is CC(C)c1ccc(/C=C/CC(=O)N2CCC(O)(C(=O)O)CC2)cc1. The van der Waals surface area contributed by atoms with Gasteiger partial charge in [0, 0.05) is 32.4 Å². The maximum absolute atomic E-state index is 12.2. The molecule has 5 heteroatoms. The molecule has 0 saturated carbocycles. The smallest absolute Gasteiger partial charge is 0.335 e. The first-order chi connectivity index (χ1) is 11.3. The Bertz CT molecular complexity index is 611. The third kappa shape index (κ3) is 4.45. The topological polar surface area (TPSA) is 77.8 Å². The summed E-state index contributed by atoms with van der Waals surface area (Å²) in [5.74, 6) is -0.759. The molecule has 1 aromatic rings. The third-order valence-electron chi connectivity index (χ3n) is 4.55. The highest BCUT2D eigenvalue weighted by molar-refractivity contribution is 5.80. The molecular formula is C19H25NO4. The summed E-state index contributed by atoms with van der Waals surface area (Å²) in [4.78, 5) is 24.8. The first-order valence-electron chi connectivity index (χ1n) is 8.32. The van der Waals surface area contributed by atoms with Crippen LogP contribution in [-0.2, 0) is 9.59 Å². The van der Waals surface area contributed by atoms with E-state index in [4.69, 9.17) is 5.11 Å². The molecule has 1 amide bonds. The van der Waals surface area contributed by atoms with E-state index in [0.717, 1.165) is 5.56 Å². The predicted octanol–water partition coefficient (Wildman–Crippen LogP) is 2.65. The summed E-state index contributed by atoms with van der Waals surface area (Å²) < 4.78 is 0. The third-order valence-corrected chi connectivity index (χ3v) is 4.55. The predicted molar refractivity (Wildman–Crippen MR) is 92.6 cm³/mol. The van der Waals surface area contributed by atoms with E-state index in [1.165, 1.54) is 5.56 Å². The molecule has 1 aromatic carbocycles. The number of aliphatic carboxylic acids is 1. The van der Waals surface area contributed by atoms with Crippen LogP contribution in [-0.4, -0.2) is 45.7 Å². The van der Waals surface area contributed by atoms with Gasteiger partial charge in [-0.15, -0.1) is 0 Å². The molecule has 1 aliphatic rings. The lowest BCUT2D eigenvalue weighted by atomic mass is 9.91. The van der Waals surface area contributed by atoms with Crippen molar-refractivity contribution in [1.82, 2.24) is 4.90 Å². The fraction of sp³-hybridized carbons (Fsp3) is 0.474. The van der Waals surface area contributed by atoms with Gasteiger partial charge in [-0.3, -0.25) is 4.79 Å². The fourth-order valence-corrected chi connectivity index (χ4v) is 2.76. The van der Waals surface area contributed by atoms with E-state index in [9.17, 15) is 14.7 Å². The maximum atomic E-state index is 12.2. The van der Waals surface area contributed by atoms with Crippen LogP contribution in [0.1, 0.15) is 50.2 Å². The average molecular weight is 331 g/mol. The Balaban J connectivity index is 1.84. The Morgan fingerprint density at radius 2 is 1.79 bits per heavy atom. The number of hydrogen-bond donors (Lipinski definition) is 2. The molecule has 0 aliphatic carbocycles. The first kappa shape index (κ1) is 18.2. The lowest BCUT2D eigenvalue weighted by Gasteiger charge is -2.35. The molecule has 0 atom stereocenters. The van der Waals surface area contributed by atoms with Gasteiger partial charge in [-0.1, -0.05) is 50.3 Å². The zero-order chi connectivity index (χ0) is 17.7. The standard InChI is InChI=1S/C19H25NO4/c1-14(2)16-8-6-15(7-9-16)4-3-5-17(21)20-12-10-19(24,11-13-20)18(22)23/h3-4,6-9,14,24H,5,10-13H2,1-2H3,(H,22,23)/b4-3+. The number of carbonyl (C=O) groups excluding carboxylic acids is 1. The van der Waals surface area contributed by atoms with Crippen molar-refractivity contribution in [1.29, 1.82) is 0 Å². The van der Waals surface area contributed by atoms with Gasteiger partial charge in [0.15, 0.2) is 5.60 Å². The zero-order valence-electron chi connectivity index (χ0n) is 14.2. The number of hydrogen-bond acceptors (Lipinski definition) is 3. The van der Waals surface area contributed by atoms with E-state index in [1.807, 2.05) is 24.3 Å². The lowest BCUT2D eigenvalue weighted by molar-refractivity contribution is -0.165. The molecule has 24 heavy (non-hydrogen) atoms. The largest absolute Gasteiger partial charge is 0.479 e. The number of piperidine rings is 1. The average Bonchev–Trinajstić information content (AvgIpc) is 2.55. The molecule has 0 unspecified atom stereocenters. The van der Waals surface area contributed by atoms with Gasteiger partial charge < -0.3 is 15.1 Å². The molecule has 2 N–H and O–H groups in total. The van der Waals surface area contributed by atoms with E-state index in [0.29, 0.717) is 5.92 Å². The molecule has 1 heterocycles. The second-order valence-corrected chi connectivity index (χ2v) is 6.65. The highest BCUT2D eigenvalue weighted by Crippen LogP contribution is 2.23. The molecule has 2 rings (SSSR count). The van der Waals surface area contributed by atoms with Gasteiger partial charge in [0.2, 0.25) is 5.91 Å². The van der Waals surface area contributed by atoms with E-state index >= 15 is 0 Å². The van der Waals surface area contributed by atoms with Crippen LogP contribution >= 0.6 is 0 Å². The Morgan fingerprint density at radius 3 is 2.29 bits per heavy atom. The molecule has 130 valence electrons. The number of likely N-dealkylation sites (tertiary alicyclic amines) is 1. The van der Waals surface area contributed by atoms with E-state index in [-0.39, 0.29) is 38.3 Å². The van der Waals surface area contributed by atoms with Crippen LogP contribution in [0.15, 0.2) is 30.3 Å². The second-order valence-electron chi connectivity index (χ2n) is 6.65. The van der Waals surface area contributed by atoms with Crippen LogP contribution in [0.2, 0.25) is 0 Å². The van der Waals surface area contributed by atoms with Crippen LogP contribution < -0.4 is 0 Å². The van der Waals surface area contributed by atoms with Gasteiger partial charge in [-0.2, -0.15) is 0 Å². The van der Waals surface area contributed by atoms with Crippen molar-refractivity contribution in [2.24, 2.45) is 0 Å². The van der Waals surface area contributed by atoms with Crippen LogP contribution in [0.25, 0.3) is 6.08 Å². The minimum Gasteiger partial charge on any atom is -0.479 e. The number of carboxylic acid groups (broad SMARTS) is 1. The molecule has 1 fully saturated rings. The monoisotopic (exact) mass is 331 g/mol. The quantitative estimate of drug-likeness (QED) is 0.869. The highest BCUT2D eigenvalue weighted by atomic mass is 16.4. The molecule has 0 bridgehead atoms. The van der Waals surface area contributed by atoms with Crippen molar-refractivity contribution >= 4 is 18.0 Å². The van der Waals surface area contributed by atoms with Gasteiger partial charge in [0.05, 0.1) is 0 Å². The summed E-state index contributed by atoms with van der Waals surface area (Å²) in [7, 11) is 0. The summed E-state index contributed by atoms with van der Waals surface area (Å²) in [5, 5.41) is 18.9. The van der Waals surface area contributed by atoms with Crippen LogP contribution in [0.3, 0.4) is 0 Å². The number of amides is 1. The van der Waals surface area contributed by atoms with Crippen molar-refractivity contribution in [3.63, 3.8) is 0 Å². The summed E-state index contributed by atoms with van der Waals surface area (Å²) in [5.41, 5.74) is 0.638. The molecule has 5 nitrogen and oxygen atoms in total.